The summed E-state index contributed by atoms with van der Waals surface area (Å²) in [5.74, 6) is -2.99. The van der Waals surface area contributed by atoms with E-state index < -0.39 is 57.3 Å². The maximum atomic E-state index is 13.6. The van der Waals surface area contributed by atoms with E-state index >= 15 is 0 Å². The molecule has 0 bridgehead atoms. The fourth-order valence-corrected chi connectivity index (χ4v) is 6.22. The van der Waals surface area contributed by atoms with E-state index in [1.807, 2.05) is 6.07 Å². The molecule has 0 saturated carbocycles. The van der Waals surface area contributed by atoms with E-state index in [-0.39, 0.29) is 12.2 Å². The fraction of sp³-hybridized carbons (Fsp3) is 0.179. The Balaban J connectivity index is 1.41. The van der Waals surface area contributed by atoms with Crippen LogP contribution in [0.1, 0.15) is 22.8 Å². The molecule has 40 heavy (non-hydrogen) atoms. The number of hydrogen-bond donors (Lipinski definition) is 1. The van der Waals surface area contributed by atoms with Gasteiger partial charge in [0.15, 0.2) is 17.6 Å². The van der Waals surface area contributed by atoms with Crippen molar-refractivity contribution in [1.82, 2.24) is 10.2 Å². The van der Waals surface area contributed by atoms with Crippen molar-refractivity contribution in [2.45, 2.75) is 23.9 Å². The van der Waals surface area contributed by atoms with Gasteiger partial charge in [0.2, 0.25) is 5.91 Å². The lowest BCUT2D eigenvalue weighted by Gasteiger charge is -2.49. The molecular formula is C28H23FN2O7S2. The summed E-state index contributed by atoms with van der Waals surface area (Å²) in [6, 6.07) is 25.6. The monoisotopic (exact) mass is 582 g/mol. The number of carbonyl (C=O) groups excluding carboxylic acids is 3. The first-order valence-electron chi connectivity index (χ1n) is 12.2. The van der Waals surface area contributed by atoms with Crippen molar-refractivity contribution in [2.75, 3.05) is 5.75 Å². The van der Waals surface area contributed by atoms with Crippen LogP contribution in [0.3, 0.4) is 0 Å². The zero-order valence-electron chi connectivity index (χ0n) is 20.8. The molecule has 1 saturated heterocycles. The normalized spacial score (nSPS) is 18.6. The predicted molar refractivity (Wildman–Crippen MR) is 144 cm³/mol. The number of fused-ring (bicyclic) bond motifs is 1. The van der Waals surface area contributed by atoms with Gasteiger partial charge in [-0.25, -0.2) is 4.79 Å². The van der Waals surface area contributed by atoms with E-state index in [4.69, 9.17) is 4.74 Å². The number of β-lactam (4-membered cyclic amide) rings is 1. The van der Waals surface area contributed by atoms with Gasteiger partial charge >= 0.3 is 16.5 Å². The third-order valence-electron chi connectivity index (χ3n) is 6.28. The van der Waals surface area contributed by atoms with Crippen LogP contribution in [0.15, 0.2) is 102 Å². The highest BCUT2D eigenvalue weighted by Gasteiger charge is 2.55. The highest BCUT2D eigenvalue weighted by molar-refractivity contribution is 8.00. The third-order valence-corrected chi connectivity index (χ3v) is 7.93. The molecule has 0 aromatic heterocycles. The minimum atomic E-state index is -5.51. The van der Waals surface area contributed by atoms with Crippen molar-refractivity contribution in [3.63, 3.8) is 0 Å². The summed E-state index contributed by atoms with van der Waals surface area (Å²) < 4.78 is 46.6. The van der Waals surface area contributed by atoms with Crippen LogP contribution in [0.2, 0.25) is 0 Å². The zero-order chi connectivity index (χ0) is 28.3. The third kappa shape index (κ3) is 6.02. The number of nitrogens with zero attached hydrogens (tertiary/aromatic N) is 1. The van der Waals surface area contributed by atoms with Gasteiger partial charge in [0.05, 0.1) is 12.2 Å². The predicted octanol–water partition coefficient (Wildman–Crippen LogP) is 3.40. The summed E-state index contributed by atoms with van der Waals surface area (Å²) in [6.07, 6.45) is -0.881. The molecule has 1 N–H and O–H groups in total. The van der Waals surface area contributed by atoms with Crippen LogP contribution in [0.4, 0.5) is 3.89 Å². The molecule has 0 spiro atoms. The number of carbonyl (C=O) groups is 3. The van der Waals surface area contributed by atoms with Crippen molar-refractivity contribution in [2.24, 2.45) is 0 Å². The van der Waals surface area contributed by atoms with Crippen molar-refractivity contribution < 1.29 is 35.6 Å². The second kappa shape index (κ2) is 11.5. The van der Waals surface area contributed by atoms with Gasteiger partial charge in [-0.3, -0.25) is 14.5 Å². The highest BCUT2D eigenvalue weighted by Crippen LogP contribution is 2.42. The summed E-state index contributed by atoms with van der Waals surface area (Å²) in [7, 11) is -5.51. The SMILES string of the molecule is O=C(Cc1ccccc1)NC1C(=O)N2C(C(=O)OC(c3ccccc3)c3ccccc3)=C(OS(=O)(=O)F)CS[C@@H]12. The summed E-state index contributed by atoms with van der Waals surface area (Å²) in [5, 5.41) is 1.92. The Hall–Kier alpha value is -4.16. The van der Waals surface area contributed by atoms with E-state index in [9.17, 15) is 26.7 Å². The lowest BCUT2D eigenvalue weighted by atomic mass is 10.0. The van der Waals surface area contributed by atoms with Crippen LogP contribution in [0.25, 0.3) is 0 Å². The first-order valence-corrected chi connectivity index (χ1v) is 14.5. The molecule has 0 aliphatic carbocycles. The Morgan fingerprint density at radius 1 is 0.950 bits per heavy atom. The minimum Gasteiger partial charge on any atom is -0.448 e. The van der Waals surface area contributed by atoms with Crippen molar-refractivity contribution in [3.8, 4) is 0 Å². The molecule has 9 nitrogen and oxygen atoms in total. The number of hydrogen-bond acceptors (Lipinski definition) is 8. The maximum absolute atomic E-state index is 13.6. The number of halogens is 1. The van der Waals surface area contributed by atoms with Crippen LogP contribution < -0.4 is 5.32 Å². The number of nitrogens with one attached hydrogen (secondary N) is 1. The second-order valence-electron chi connectivity index (χ2n) is 8.97. The molecular weight excluding hydrogens is 559 g/mol. The van der Waals surface area contributed by atoms with Gasteiger partial charge in [-0.05, 0) is 16.7 Å². The van der Waals surface area contributed by atoms with Gasteiger partial charge in [-0.15, -0.1) is 11.8 Å². The van der Waals surface area contributed by atoms with E-state index in [1.54, 1.807) is 84.9 Å². The molecule has 1 unspecified atom stereocenters. The standard InChI is InChI=1S/C28H23FN2O7S2/c29-40(35,36)38-21-17-39-27-23(30-22(32)16-18-10-4-1-5-11-18)26(33)31(27)24(21)28(34)37-25(19-12-6-2-7-13-19)20-14-8-3-9-15-20/h1-15,23,25,27H,16-17H2,(H,30,32)/t23?,27-/m0/s1. The summed E-state index contributed by atoms with van der Waals surface area (Å²) >= 11 is 1.02. The molecule has 1 fully saturated rings. The zero-order valence-corrected chi connectivity index (χ0v) is 22.4. The Kier molecular flexibility index (Phi) is 7.90. The molecule has 2 aliphatic rings. The lowest BCUT2D eigenvalue weighted by molar-refractivity contribution is -0.155. The minimum absolute atomic E-state index is 0.0387. The Morgan fingerprint density at radius 3 is 2.05 bits per heavy atom. The molecule has 0 radical (unpaired) electrons. The van der Waals surface area contributed by atoms with Crippen LogP contribution in [0, 0.1) is 0 Å². The van der Waals surface area contributed by atoms with Gasteiger partial charge in [-0.2, -0.15) is 8.42 Å². The molecule has 12 heteroatoms. The van der Waals surface area contributed by atoms with Crippen LogP contribution >= 0.6 is 11.8 Å². The maximum Gasteiger partial charge on any atom is 0.488 e. The molecule has 2 atom stereocenters. The van der Waals surface area contributed by atoms with Crippen LogP contribution in [-0.2, 0) is 40.2 Å². The average molecular weight is 583 g/mol. The van der Waals surface area contributed by atoms with Crippen molar-refractivity contribution >= 4 is 40.0 Å². The molecule has 2 aliphatic heterocycles. The Labute approximate surface area is 234 Å². The number of ether oxygens (including phenoxy) is 1. The van der Waals surface area contributed by atoms with Crippen molar-refractivity contribution in [3.05, 3.63) is 119 Å². The largest absolute Gasteiger partial charge is 0.488 e. The van der Waals surface area contributed by atoms with Gasteiger partial charge in [0.1, 0.15) is 11.4 Å². The summed E-state index contributed by atoms with van der Waals surface area (Å²) in [6.45, 7) is 0. The number of benzene rings is 3. The molecule has 2 amide bonds. The van der Waals surface area contributed by atoms with Crippen LogP contribution in [0.5, 0.6) is 0 Å². The van der Waals surface area contributed by atoms with Gasteiger partial charge < -0.3 is 14.2 Å². The molecule has 2 heterocycles. The summed E-state index contributed by atoms with van der Waals surface area (Å²) in [5.41, 5.74) is 1.46. The quantitative estimate of drug-likeness (QED) is 0.232. The number of thioether (sulfide) groups is 1. The fourth-order valence-electron chi connectivity index (χ4n) is 4.52. The highest BCUT2D eigenvalue weighted by atomic mass is 32.3. The lowest BCUT2D eigenvalue weighted by Crippen LogP contribution is -2.70. The average Bonchev–Trinajstić information content (AvgIpc) is 2.95. The van der Waals surface area contributed by atoms with E-state index in [1.165, 1.54) is 0 Å². The second-order valence-corrected chi connectivity index (χ2v) is 11.0. The van der Waals surface area contributed by atoms with Gasteiger partial charge in [-0.1, -0.05) is 94.9 Å². The number of amides is 2. The van der Waals surface area contributed by atoms with Crippen LogP contribution in [-0.4, -0.2) is 48.3 Å². The first-order chi connectivity index (χ1) is 19.2. The topological polar surface area (TPSA) is 119 Å². The number of rotatable bonds is 9. The molecule has 5 rings (SSSR count). The van der Waals surface area contributed by atoms with E-state index in [0.717, 1.165) is 22.2 Å². The molecule has 3 aromatic carbocycles. The number of esters is 1. The van der Waals surface area contributed by atoms with Gasteiger partial charge in [0, 0.05) is 0 Å². The molecule has 3 aromatic rings. The first kappa shape index (κ1) is 27.4. The van der Waals surface area contributed by atoms with Crippen molar-refractivity contribution in [1.29, 1.82) is 0 Å². The Bertz CT molecular complexity index is 1510. The smallest absolute Gasteiger partial charge is 0.448 e. The van der Waals surface area contributed by atoms with E-state index in [2.05, 4.69) is 9.50 Å². The van der Waals surface area contributed by atoms with Gasteiger partial charge in [0.25, 0.3) is 5.91 Å². The van der Waals surface area contributed by atoms with E-state index in [0.29, 0.717) is 11.1 Å². The molecule has 206 valence electrons. The Morgan fingerprint density at radius 2 is 1.50 bits per heavy atom. The summed E-state index contributed by atoms with van der Waals surface area (Å²) in [4.78, 5) is 40.4.